The lowest BCUT2D eigenvalue weighted by molar-refractivity contribution is 0.0631. The Bertz CT molecular complexity index is 653. The Morgan fingerprint density at radius 1 is 1.27 bits per heavy atom. The maximum absolute atomic E-state index is 11.7. The zero-order valence-electron chi connectivity index (χ0n) is 13.0. The van der Waals surface area contributed by atoms with E-state index >= 15 is 0 Å². The minimum Gasteiger partial charge on any atom is -0.497 e. The topological polar surface area (TPSA) is 64.2 Å². The molecule has 0 bridgehead atoms. The predicted molar refractivity (Wildman–Crippen MR) is 87.3 cm³/mol. The fraction of sp³-hybridized carbons (Fsp3) is 0.375. The third kappa shape index (κ3) is 5.20. The van der Waals surface area contributed by atoms with Crippen molar-refractivity contribution in [3.63, 3.8) is 0 Å². The SMILES string of the molecule is COc1ccc(CSc2nc(COC(C)C)cc(=O)[nH]2)cc1. The van der Waals surface area contributed by atoms with E-state index in [4.69, 9.17) is 9.47 Å². The molecule has 0 radical (unpaired) electrons. The number of ether oxygens (including phenoxy) is 2. The van der Waals surface area contributed by atoms with Crippen LogP contribution in [0.25, 0.3) is 0 Å². The van der Waals surface area contributed by atoms with Gasteiger partial charge in [0, 0.05) is 11.8 Å². The number of thioether (sulfide) groups is 1. The van der Waals surface area contributed by atoms with Gasteiger partial charge in [0.25, 0.3) is 5.56 Å². The molecule has 0 atom stereocenters. The van der Waals surface area contributed by atoms with Gasteiger partial charge in [-0.3, -0.25) is 4.79 Å². The smallest absolute Gasteiger partial charge is 0.251 e. The lowest BCUT2D eigenvalue weighted by atomic mass is 10.2. The molecule has 2 rings (SSSR count). The van der Waals surface area contributed by atoms with Gasteiger partial charge in [-0.25, -0.2) is 4.98 Å². The molecule has 2 aromatic rings. The number of hydrogen-bond donors (Lipinski definition) is 1. The van der Waals surface area contributed by atoms with Gasteiger partial charge in [-0.2, -0.15) is 0 Å². The second-order valence-electron chi connectivity index (χ2n) is 5.04. The van der Waals surface area contributed by atoms with Crippen molar-refractivity contribution in [1.82, 2.24) is 9.97 Å². The summed E-state index contributed by atoms with van der Waals surface area (Å²) in [7, 11) is 1.64. The molecule has 0 saturated heterocycles. The fourth-order valence-electron chi connectivity index (χ4n) is 1.75. The standard InChI is InChI=1S/C16H20N2O3S/c1-11(2)21-9-13-8-15(19)18-16(17-13)22-10-12-4-6-14(20-3)7-5-12/h4-8,11H,9-10H2,1-3H3,(H,17,18,19). The molecule has 6 heteroatoms. The zero-order valence-corrected chi connectivity index (χ0v) is 13.8. The Morgan fingerprint density at radius 2 is 2.00 bits per heavy atom. The second-order valence-corrected chi connectivity index (χ2v) is 6.00. The van der Waals surface area contributed by atoms with E-state index in [9.17, 15) is 4.79 Å². The van der Waals surface area contributed by atoms with E-state index in [2.05, 4.69) is 9.97 Å². The van der Waals surface area contributed by atoms with Gasteiger partial charge in [0.05, 0.1) is 25.5 Å². The van der Waals surface area contributed by atoms with E-state index in [0.29, 0.717) is 17.5 Å². The van der Waals surface area contributed by atoms with Crippen LogP contribution in [0.1, 0.15) is 25.1 Å². The van der Waals surface area contributed by atoms with Crippen LogP contribution in [0.5, 0.6) is 5.75 Å². The molecule has 1 heterocycles. The van der Waals surface area contributed by atoms with Crippen LogP contribution >= 0.6 is 11.8 Å². The predicted octanol–water partition coefficient (Wildman–Crippen LogP) is 3.00. The van der Waals surface area contributed by atoms with Crippen LogP contribution in [0, 0.1) is 0 Å². The molecule has 0 aliphatic carbocycles. The number of H-pyrrole nitrogens is 1. The van der Waals surface area contributed by atoms with Crippen LogP contribution in [-0.4, -0.2) is 23.2 Å². The summed E-state index contributed by atoms with van der Waals surface area (Å²) >= 11 is 1.49. The van der Waals surface area contributed by atoms with Crippen molar-refractivity contribution in [3.05, 3.63) is 51.9 Å². The Labute approximate surface area is 134 Å². The van der Waals surface area contributed by atoms with E-state index < -0.39 is 0 Å². The van der Waals surface area contributed by atoms with Gasteiger partial charge in [-0.1, -0.05) is 23.9 Å². The van der Waals surface area contributed by atoms with Gasteiger partial charge in [-0.15, -0.1) is 0 Å². The average molecular weight is 320 g/mol. The molecule has 118 valence electrons. The van der Waals surface area contributed by atoms with Crippen LogP contribution in [0.2, 0.25) is 0 Å². The van der Waals surface area contributed by atoms with Gasteiger partial charge in [-0.05, 0) is 31.5 Å². The van der Waals surface area contributed by atoms with Gasteiger partial charge in [0.2, 0.25) is 0 Å². The highest BCUT2D eigenvalue weighted by Gasteiger charge is 2.04. The highest BCUT2D eigenvalue weighted by atomic mass is 32.2. The number of rotatable bonds is 7. The summed E-state index contributed by atoms with van der Waals surface area (Å²) in [5.74, 6) is 1.55. The lowest BCUT2D eigenvalue weighted by Gasteiger charge is -2.08. The molecule has 0 aliphatic rings. The van der Waals surface area contributed by atoms with Gasteiger partial charge in [0.15, 0.2) is 5.16 Å². The molecule has 1 N–H and O–H groups in total. The molecule has 0 spiro atoms. The maximum atomic E-state index is 11.7. The molecule has 0 saturated carbocycles. The van der Waals surface area contributed by atoms with Crippen molar-refractivity contribution >= 4 is 11.8 Å². The van der Waals surface area contributed by atoms with E-state index in [-0.39, 0.29) is 11.7 Å². The first-order valence-corrected chi connectivity index (χ1v) is 8.03. The summed E-state index contributed by atoms with van der Waals surface area (Å²) in [6, 6.07) is 9.29. The Morgan fingerprint density at radius 3 is 2.64 bits per heavy atom. The largest absolute Gasteiger partial charge is 0.497 e. The Kier molecular flexibility index (Phi) is 6.03. The van der Waals surface area contributed by atoms with Crippen LogP contribution in [0.15, 0.2) is 40.3 Å². The summed E-state index contributed by atoms with van der Waals surface area (Å²) in [4.78, 5) is 18.8. The lowest BCUT2D eigenvalue weighted by Crippen LogP contribution is -2.12. The van der Waals surface area contributed by atoms with E-state index in [1.807, 2.05) is 38.1 Å². The molecule has 1 aromatic carbocycles. The van der Waals surface area contributed by atoms with Crippen LogP contribution in [0.4, 0.5) is 0 Å². The monoisotopic (exact) mass is 320 g/mol. The van der Waals surface area contributed by atoms with Crippen molar-refractivity contribution in [1.29, 1.82) is 0 Å². The molecule has 0 aliphatic heterocycles. The van der Waals surface area contributed by atoms with Gasteiger partial charge >= 0.3 is 0 Å². The molecule has 5 nitrogen and oxygen atoms in total. The molecule has 0 unspecified atom stereocenters. The number of nitrogens with one attached hydrogen (secondary N) is 1. The van der Waals surface area contributed by atoms with Gasteiger partial charge in [0.1, 0.15) is 5.75 Å². The van der Waals surface area contributed by atoms with E-state index in [1.165, 1.54) is 17.8 Å². The van der Waals surface area contributed by atoms with Crippen LogP contribution in [0.3, 0.4) is 0 Å². The van der Waals surface area contributed by atoms with Crippen molar-refractivity contribution in [3.8, 4) is 5.75 Å². The first kappa shape index (κ1) is 16.6. The van der Waals surface area contributed by atoms with E-state index in [1.54, 1.807) is 7.11 Å². The van der Waals surface area contributed by atoms with Crippen molar-refractivity contribution in [2.75, 3.05) is 7.11 Å². The van der Waals surface area contributed by atoms with Crippen molar-refractivity contribution in [2.45, 2.75) is 37.5 Å². The summed E-state index contributed by atoms with van der Waals surface area (Å²) in [5.41, 5.74) is 1.63. The number of benzene rings is 1. The first-order chi connectivity index (χ1) is 10.6. The molecular formula is C16H20N2O3S. The third-order valence-corrected chi connectivity index (χ3v) is 3.82. The number of hydrogen-bond acceptors (Lipinski definition) is 5. The zero-order chi connectivity index (χ0) is 15.9. The number of aromatic amines is 1. The minimum atomic E-state index is -0.158. The van der Waals surface area contributed by atoms with Crippen LogP contribution < -0.4 is 10.3 Å². The molecule has 22 heavy (non-hydrogen) atoms. The number of nitrogens with zero attached hydrogens (tertiary/aromatic N) is 1. The third-order valence-electron chi connectivity index (χ3n) is 2.87. The van der Waals surface area contributed by atoms with Crippen LogP contribution in [-0.2, 0) is 17.1 Å². The van der Waals surface area contributed by atoms with Gasteiger partial charge < -0.3 is 14.5 Å². The van der Waals surface area contributed by atoms with E-state index in [0.717, 1.165) is 17.1 Å². The van der Waals surface area contributed by atoms with Crippen molar-refractivity contribution in [2.24, 2.45) is 0 Å². The second kappa shape index (κ2) is 8.00. The summed E-state index contributed by atoms with van der Waals surface area (Å²) in [6.45, 7) is 4.25. The summed E-state index contributed by atoms with van der Waals surface area (Å²) in [5, 5.41) is 0.602. The highest BCUT2D eigenvalue weighted by Crippen LogP contribution is 2.20. The first-order valence-electron chi connectivity index (χ1n) is 7.04. The fourth-order valence-corrected chi connectivity index (χ4v) is 2.60. The molecular weight excluding hydrogens is 300 g/mol. The number of aromatic nitrogens is 2. The summed E-state index contributed by atoms with van der Waals surface area (Å²) in [6.07, 6.45) is 0.108. The molecule has 0 amide bonds. The molecule has 1 aromatic heterocycles. The molecule has 0 fully saturated rings. The maximum Gasteiger partial charge on any atom is 0.251 e. The van der Waals surface area contributed by atoms with Crippen molar-refractivity contribution < 1.29 is 9.47 Å². The normalized spacial score (nSPS) is 10.9. The minimum absolute atomic E-state index is 0.108. The Hall–Kier alpha value is -1.79. The average Bonchev–Trinajstić information content (AvgIpc) is 2.51. The highest BCUT2D eigenvalue weighted by molar-refractivity contribution is 7.98. The Balaban J connectivity index is 2.00. The summed E-state index contributed by atoms with van der Waals surface area (Å²) < 4.78 is 10.6. The quantitative estimate of drug-likeness (QED) is 0.627. The number of methoxy groups -OCH3 is 1.